The SMILES string of the molecule is Cc1cccc(/C=C/NC(=O)Nc2c(C)cc(C)cc2Cl)c1. The van der Waals surface area contributed by atoms with Crippen LogP contribution in [0.5, 0.6) is 0 Å². The fraction of sp³-hybridized carbons (Fsp3) is 0.167. The number of rotatable bonds is 3. The number of carbonyl (C=O) groups excluding carboxylic acids is 1. The topological polar surface area (TPSA) is 41.1 Å². The van der Waals surface area contributed by atoms with Crippen molar-refractivity contribution in [3.63, 3.8) is 0 Å². The van der Waals surface area contributed by atoms with Crippen LogP contribution in [0, 0.1) is 20.8 Å². The molecule has 0 atom stereocenters. The fourth-order valence-electron chi connectivity index (χ4n) is 2.21. The monoisotopic (exact) mass is 314 g/mol. The minimum absolute atomic E-state index is 0.322. The molecule has 0 heterocycles. The predicted molar refractivity (Wildman–Crippen MR) is 93.3 cm³/mol. The molecule has 114 valence electrons. The van der Waals surface area contributed by atoms with Crippen LogP contribution in [0.4, 0.5) is 10.5 Å². The number of hydrogen-bond donors (Lipinski definition) is 2. The first-order valence-electron chi connectivity index (χ1n) is 7.03. The molecule has 2 aromatic carbocycles. The summed E-state index contributed by atoms with van der Waals surface area (Å²) in [6.07, 6.45) is 3.46. The summed E-state index contributed by atoms with van der Waals surface area (Å²) in [6.45, 7) is 5.91. The average molecular weight is 315 g/mol. The molecule has 2 N–H and O–H groups in total. The summed E-state index contributed by atoms with van der Waals surface area (Å²) < 4.78 is 0. The van der Waals surface area contributed by atoms with Crippen LogP contribution in [-0.2, 0) is 0 Å². The van der Waals surface area contributed by atoms with Crippen molar-refractivity contribution in [2.75, 3.05) is 5.32 Å². The molecule has 2 aromatic rings. The number of carbonyl (C=O) groups is 1. The van der Waals surface area contributed by atoms with Crippen molar-refractivity contribution in [2.24, 2.45) is 0 Å². The summed E-state index contributed by atoms with van der Waals surface area (Å²) in [6, 6.07) is 11.5. The Bertz CT molecular complexity index is 700. The van der Waals surface area contributed by atoms with E-state index in [0.717, 1.165) is 16.7 Å². The van der Waals surface area contributed by atoms with Crippen molar-refractivity contribution in [1.82, 2.24) is 5.32 Å². The lowest BCUT2D eigenvalue weighted by atomic mass is 10.1. The third-order valence-electron chi connectivity index (χ3n) is 3.20. The number of urea groups is 1. The Labute approximate surface area is 136 Å². The Kier molecular flexibility index (Phi) is 5.23. The van der Waals surface area contributed by atoms with E-state index in [1.54, 1.807) is 6.20 Å². The maximum atomic E-state index is 11.9. The van der Waals surface area contributed by atoms with E-state index in [1.807, 2.05) is 63.2 Å². The standard InChI is InChI=1S/C18H19ClN2O/c1-12-5-4-6-15(10-12)7-8-20-18(22)21-17-14(3)9-13(2)11-16(17)19/h4-11H,1-3H3,(H2,20,21,22)/b8-7+. The molecule has 0 saturated carbocycles. The molecule has 2 amide bonds. The number of hydrogen-bond acceptors (Lipinski definition) is 1. The van der Waals surface area contributed by atoms with Gasteiger partial charge in [0.15, 0.2) is 0 Å². The first kappa shape index (κ1) is 16.1. The second-order valence-corrected chi connectivity index (χ2v) is 5.69. The number of aryl methyl sites for hydroxylation is 3. The zero-order valence-corrected chi connectivity index (χ0v) is 13.7. The zero-order chi connectivity index (χ0) is 16.1. The second kappa shape index (κ2) is 7.14. The van der Waals surface area contributed by atoms with Gasteiger partial charge in [0.25, 0.3) is 0 Å². The first-order valence-corrected chi connectivity index (χ1v) is 7.41. The molecule has 4 heteroatoms. The van der Waals surface area contributed by atoms with Crippen molar-refractivity contribution < 1.29 is 4.79 Å². The Balaban J connectivity index is 1.99. The minimum atomic E-state index is -0.322. The highest BCUT2D eigenvalue weighted by Crippen LogP contribution is 2.27. The summed E-state index contributed by atoms with van der Waals surface area (Å²) in [5.41, 5.74) is 4.84. The summed E-state index contributed by atoms with van der Waals surface area (Å²) >= 11 is 6.17. The number of anilines is 1. The maximum Gasteiger partial charge on any atom is 0.323 e. The molecule has 0 aromatic heterocycles. The van der Waals surface area contributed by atoms with E-state index >= 15 is 0 Å². The highest BCUT2D eigenvalue weighted by Gasteiger charge is 2.08. The molecule has 3 nitrogen and oxygen atoms in total. The van der Waals surface area contributed by atoms with Gasteiger partial charge in [-0.05, 0) is 49.6 Å². The summed E-state index contributed by atoms with van der Waals surface area (Å²) in [4.78, 5) is 11.9. The Morgan fingerprint density at radius 2 is 1.86 bits per heavy atom. The van der Waals surface area contributed by atoms with Gasteiger partial charge >= 0.3 is 6.03 Å². The van der Waals surface area contributed by atoms with Crippen LogP contribution in [0.3, 0.4) is 0 Å². The Morgan fingerprint density at radius 1 is 1.09 bits per heavy atom. The first-order chi connectivity index (χ1) is 10.5. The van der Waals surface area contributed by atoms with Gasteiger partial charge in [0, 0.05) is 6.20 Å². The molecule has 22 heavy (non-hydrogen) atoms. The second-order valence-electron chi connectivity index (χ2n) is 5.28. The van der Waals surface area contributed by atoms with E-state index in [9.17, 15) is 4.79 Å². The van der Waals surface area contributed by atoms with E-state index in [0.29, 0.717) is 10.7 Å². The molecule has 0 fully saturated rings. The molecule has 0 aliphatic heterocycles. The number of benzene rings is 2. The van der Waals surface area contributed by atoms with Gasteiger partial charge < -0.3 is 10.6 Å². The van der Waals surface area contributed by atoms with Crippen LogP contribution in [0.1, 0.15) is 22.3 Å². The highest BCUT2D eigenvalue weighted by atomic mass is 35.5. The van der Waals surface area contributed by atoms with Crippen molar-refractivity contribution >= 4 is 29.4 Å². The average Bonchev–Trinajstić information content (AvgIpc) is 2.43. The summed E-state index contributed by atoms with van der Waals surface area (Å²) in [7, 11) is 0. The predicted octanol–water partition coefficient (Wildman–Crippen LogP) is 5.06. The third kappa shape index (κ3) is 4.37. The minimum Gasteiger partial charge on any atom is -0.314 e. The maximum absolute atomic E-state index is 11.9. The molecule has 2 rings (SSSR count). The van der Waals surface area contributed by atoms with Crippen molar-refractivity contribution in [1.29, 1.82) is 0 Å². The lowest BCUT2D eigenvalue weighted by Gasteiger charge is -2.11. The molecule has 0 unspecified atom stereocenters. The largest absolute Gasteiger partial charge is 0.323 e. The summed E-state index contributed by atoms with van der Waals surface area (Å²) in [5.74, 6) is 0. The van der Waals surface area contributed by atoms with Gasteiger partial charge in [0.1, 0.15) is 0 Å². The van der Waals surface area contributed by atoms with E-state index in [4.69, 9.17) is 11.6 Å². The van der Waals surface area contributed by atoms with Crippen LogP contribution >= 0.6 is 11.6 Å². The molecule has 0 saturated heterocycles. The number of nitrogens with one attached hydrogen (secondary N) is 2. The lowest BCUT2D eigenvalue weighted by molar-refractivity contribution is 0.255. The lowest BCUT2D eigenvalue weighted by Crippen LogP contribution is -2.24. The van der Waals surface area contributed by atoms with E-state index < -0.39 is 0 Å². The van der Waals surface area contributed by atoms with E-state index in [1.165, 1.54) is 5.56 Å². The van der Waals surface area contributed by atoms with Gasteiger partial charge in [0.2, 0.25) is 0 Å². The summed E-state index contributed by atoms with van der Waals surface area (Å²) in [5, 5.41) is 5.99. The molecule has 0 bridgehead atoms. The van der Waals surface area contributed by atoms with Crippen LogP contribution < -0.4 is 10.6 Å². The van der Waals surface area contributed by atoms with Crippen LogP contribution in [0.2, 0.25) is 5.02 Å². The van der Waals surface area contributed by atoms with Crippen molar-refractivity contribution in [3.05, 3.63) is 69.9 Å². The Morgan fingerprint density at radius 3 is 2.55 bits per heavy atom. The van der Waals surface area contributed by atoms with Crippen LogP contribution in [0.25, 0.3) is 6.08 Å². The Hall–Kier alpha value is -2.26. The van der Waals surface area contributed by atoms with Crippen molar-refractivity contribution in [2.45, 2.75) is 20.8 Å². The number of halogens is 1. The molecular formula is C18H19ClN2O. The van der Waals surface area contributed by atoms with Gasteiger partial charge in [0.05, 0.1) is 10.7 Å². The molecule has 0 aliphatic carbocycles. The molecular weight excluding hydrogens is 296 g/mol. The van der Waals surface area contributed by atoms with Crippen molar-refractivity contribution in [3.8, 4) is 0 Å². The fourth-order valence-corrected chi connectivity index (χ4v) is 2.58. The van der Waals surface area contributed by atoms with Gasteiger partial charge in [-0.3, -0.25) is 0 Å². The van der Waals surface area contributed by atoms with Gasteiger partial charge in [-0.1, -0.05) is 47.5 Å². The number of amides is 2. The molecule has 0 aliphatic rings. The van der Waals surface area contributed by atoms with Crippen LogP contribution in [0.15, 0.2) is 42.6 Å². The quantitative estimate of drug-likeness (QED) is 0.817. The smallest absolute Gasteiger partial charge is 0.314 e. The normalized spacial score (nSPS) is 10.7. The zero-order valence-electron chi connectivity index (χ0n) is 12.9. The van der Waals surface area contributed by atoms with Gasteiger partial charge in [-0.25, -0.2) is 4.79 Å². The van der Waals surface area contributed by atoms with Gasteiger partial charge in [-0.2, -0.15) is 0 Å². The van der Waals surface area contributed by atoms with Gasteiger partial charge in [-0.15, -0.1) is 0 Å². The third-order valence-corrected chi connectivity index (χ3v) is 3.50. The van der Waals surface area contributed by atoms with E-state index in [-0.39, 0.29) is 6.03 Å². The van der Waals surface area contributed by atoms with E-state index in [2.05, 4.69) is 10.6 Å². The highest BCUT2D eigenvalue weighted by molar-refractivity contribution is 6.34. The van der Waals surface area contributed by atoms with Crippen LogP contribution in [-0.4, -0.2) is 6.03 Å². The molecule has 0 spiro atoms. The molecule has 0 radical (unpaired) electrons.